The van der Waals surface area contributed by atoms with Crippen molar-refractivity contribution in [3.63, 3.8) is 0 Å². The molecule has 1 unspecified atom stereocenters. The molecule has 0 saturated heterocycles. The Morgan fingerprint density at radius 3 is 2.77 bits per heavy atom. The van der Waals surface area contributed by atoms with Crippen molar-refractivity contribution in [2.75, 3.05) is 6.67 Å². The number of rotatable bonds is 4. The molecule has 72 valence electrons. The van der Waals surface area contributed by atoms with Gasteiger partial charge in [-0.2, -0.15) is 0 Å². The van der Waals surface area contributed by atoms with E-state index in [1.54, 1.807) is 18.2 Å². The van der Waals surface area contributed by atoms with E-state index in [4.69, 9.17) is 0 Å². The van der Waals surface area contributed by atoms with Crippen LogP contribution in [0.5, 0.6) is 0 Å². The normalized spacial score (nSPS) is 12.8. The van der Waals surface area contributed by atoms with Crippen LogP contribution >= 0.6 is 15.9 Å². The molecule has 0 N–H and O–H groups in total. The fourth-order valence-electron chi connectivity index (χ4n) is 1.12. The molecule has 1 aromatic carbocycles. The summed E-state index contributed by atoms with van der Waals surface area (Å²) in [7, 11) is 0. The Balaban J connectivity index is 2.60. The van der Waals surface area contributed by atoms with Crippen LogP contribution in [-0.2, 0) is 0 Å². The van der Waals surface area contributed by atoms with Crippen LogP contribution < -0.4 is 0 Å². The zero-order valence-electron chi connectivity index (χ0n) is 7.14. The van der Waals surface area contributed by atoms with Crippen LogP contribution in [0, 0.1) is 0 Å². The fourth-order valence-corrected chi connectivity index (χ4v) is 1.54. The second-order valence-corrected chi connectivity index (χ2v) is 3.77. The molecule has 3 heteroatoms. The Morgan fingerprint density at radius 2 is 2.15 bits per heavy atom. The summed E-state index contributed by atoms with van der Waals surface area (Å²) in [6, 6.07) is 7.06. The van der Waals surface area contributed by atoms with Crippen LogP contribution in [0.3, 0.4) is 0 Å². The minimum atomic E-state index is -1.05. The van der Waals surface area contributed by atoms with Crippen molar-refractivity contribution >= 4 is 15.9 Å². The summed E-state index contributed by atoms with van der Waals surface area (Å²) in [5, 5.41) is 0. The number of hydrogen-bond donors (Lipinski definition) is 0. The highest BCUT2D eigenvalue weighted by atomic mass is 79.9. The summed E-state index contributed by atoms with van der Waals surface area (Å²) < 4.78 is 25.9. The van der Waals surface area contributed by atoms with E-state index in [1.165, 1.54) is 0 Å². The Bertz CT molecular complexity index is 263. The number of alkyl halides is 2. The van der Waals surface area contributed by atoms with Gasteiger partial charge in [-0.25, -0.2) is 4.39 Å². The van der Waals surface area contributed by atoms with Gasteiger partial charge in [0.1, 0.15) is 6.17 Å². The predicted molar refractivity (Wildman–Crippen MR) is 53.2 cm³/mol. The quantitative estimate of drug-likeness (QED) is 0.749. The predicted octanol–water partition coefficient (Wildman–Crippen LogP) is 4.21. The van der Waals surface area contributed by atoms with E-state index < -0.39 is 12.8 Å². The van der Waals surface area contributed by atoms with Crippen LogP contribution in [-0.4, -0.2) is 6.67 Å². The van der Waals surface area contributed by atoms with E-state index >= 15 is 0 Å². The van der Waals surface area contributed by atoms with Gasteiger partial charge in [0.15, 0.2) is 0 Å². The average Bonchev–Trinajstić information content (AvgIpc) is 2.14. The summed E-state index contributed by atoms with van der Waals surface area (Å²) in [5.41, 5.74) is 0.614. The lowest BCUT2D eigenvalue weighted by Gasteiger charge is -2.06. The zero-order valence-corrected chi connectivity index (χ0v) is 8.73. The Hall–Kier alpha value is -0.440. The van der Waals surface area contributed by atoms with Gasteiger partial charge in [-0.3, -0.25) is 4.39 Å². The van der Waals surface area contributed by atoms with E-state index in [0.717, 1.165) is 4.47 Å². The van der Waals surface area contributed by atoms with Crippen LogP contribution in [0.2, 0.25) is 0 Å². The molecule has 0 aromatic heterocycles. The van der Waals surface area contributed by atoms with Crippen molar-refractivity contribution in [2.45, 2.75) is 19.0 Å². The van der Waals surface area contributed by atoms with Crippen molar-refractivity contribution in [1.29, 1.82) is 0 Å². The van der Waals surface area contributed by atoms with Gasteiger partial charge in [-0.15, -0.1) is 0 Å². The Labute approximate surface area is 85.1 Å². The van der Waals surface area contributed by atoms with E-state index in [-0.39, 0.29) is 12.8 Å². The van der Waals surface area contributed by atoms with Crippen molar-refractivity contribution in [2.24, 2.45) is 0 Å². The van der Waals surface area contributed by atoms with Gasteiger partial charge >= 0.3 is 0 Å². The van der Waals surface area contributed by atoms with E-state index in [2.05, 4.69) is 15.9 Å². The molecule has 0 aliphatic heterocycles. The maximum absolute atomic E-state index is 13.3. The number of hydrogen-bond acceptors (Lipinski definition) is 0. The first-order valence-corrected chi connectivity index (χ1v) is 4.99. The third-order valence-electron chi connectivity index (χ3n) is 1.80. The molecule has 0 bridgehead atoms. The van der Waals surface area contributed by atoms with Gasteiger partial charge in [-0.05, 0) is 30.5 Å². The molecule has 0 amide bonds. The molecule has 1 atom stereocenters. The first kappa shape index (κ1) is 10.6. The molecule has 0 heterocycles. The molecule has 0 radical (unpaired) electrons. The zero-order chi connectivity index (χ0) is 9.68. The summed E-state index contributed by atoms with van der Waals surface area (Å²) in [6.45, 7) is -0.450. The molecule has 1 aromatic rings. The highest BCUT2D eigenvalue weighted by Crippen LogP contribution is 2.25. The first-order valence-electron chi connectivity index (χ1n) is 4.19. The van der Waals surface area contributed by atoms with Crippen molar-refractivity contribution in [1.82, 2.24) is 0 Å². The minimum Gasteiger partial charge on any atom is -0.251 e. The van der Waals surface area contributed by atoms with Gasteiger partial charge in [0.2, 0.25) is 0 Å². The minimum absolute atomic E-state index is 0.257. The molecular weight excluding hydrogens is 238 g/mol. The summed E-state index contributed by atoms with van der Waals surface area (Å²) in [5.74, 6) is 0. The lowest BCUT2D eigenvalue weighted by atomic mass is 10.1. The first-order chi connectivity index (χ1) is 6.24. The summed E-state index contributed by atoms with van der Waals surface area (Å²) in [6.07, 6.45) is -0.506. The second-order valence-electron chi connectivity index (χ2n) is 2.85. The molecule has 0 nitrogen and oxygen atoms in total. The van der Waals surface area contributed by atoms with Crippen molar-refractivity contribution < 1.29 is 8.78 Å². The van der Waals surface area contributed by atoms with Crippen molar-refractivity contribution in [3.8, 4) is 0 Å². The standard InChI is InChI=1S/C10H11BrF2/c11-9-4-1-3-8(7-9)10(13)5-2-6-12/h1,3-4,7,10H,2,5-6H2. The molecule has 0 aliphatic rings. The highest BCUT2D eigenvalue weighted by molar-refractivity contribution is 9.10. The number of benzene rings is 1. The Kier molecular flexibility index (Phi) is 4.36. The van der Waals surface area contributed by atoms with E-state index in [1.807, 2.05) is 6.07 Å². The summed E-state index contributed by atoms with van der Waals surface area (Å²) >= 11 is 3.26. The molecule has 0 saturated carbocycles. The van der Waals surface area contributed by atoms with Crippen LogP contribution in [0.15, 0.2) is 28.7 Å². The van der Waals surface area contributed by atoms with Crippen LogP contribution in [0.1, 0.15) is 24.6 Å². The Morgan fingerprint density at radius 1 is 1.38 bits per heavy atom. The molecular formula is C10H11BrF2. The highest BCUT2D eigenvalue weighted by Gasteiger charge is 2.08. The molecule has 0 fully saturated rings. The lowest BCUT2D eigenvalue weighted by molar-refractivity contribution is 0.301. The second kappa shape index (κ2) is 5.32. The summed E-state index contributed by atoms with van der Waals surface area (Å²) in [4.78, 5) is 0. The molecule has 1 rings (SSSR count). The molecule has 0 spiro atoms. The monoisotopic (exact) mass is 248 g/mol. The van der Waals surface area contributed by atoms with Gasteiger partial charge in [0, 0.05) is 4.47 Å². The molecule has 13 heavy (non-hydrogen) atoms. The molecule has 0 aliphatic carbocycles. The van der Waals surface area contributed by atoms with Crippen molar-refractivity contribution in [3.05, 3.63) is 34.3 Å². The van der Waals surface area contributed by atoms with Gasteiger partial charge in [0.25, 0.3) is 0 Å². The number of halogens is 3. The van der Waals surface area contributed by atoms with E-state index in [9.17, 15) is 8.78 Å². The van der Waals surface area contributed by atoms with Crippen LogP contribution in [0.25, 0.3) is 0 Å². The maximum Gasteiger partial charge on any atom is 0.125 e. The average molecular weight is 249 g/mol. The van der Waals surface area contributed by atoms with E-state index in [0.29, 0.717) is 5.56 Å². The van der Waals surface area contributed by atoms with Crippen LogP contribution in [0.4, 0.5) is 8.78 Å². The third-order valence-corrected chi connectivity index (χ3v) is 2.29. The lowest BCUT2D eigenvalue weighted by Crippen LogP contribution is -1.92. The SMILES string of the molecule is FCCCC(F)c1cccc(Br)c1. The van der Waals surface area contributed by atoms with Gasteiger partial charge < -0.3 is 0 Å². The smallest absolute Gasteiger partial charge is 0.125 e. The third kappa shape index (κ3) is 3.43. The fraction of sp³-hybridized carbons (Fsp3) is 0.400. The van der Waals surface area contributed by atoms with Gasteiger partial charge in [-0.1, -0.05) is 28.1 Å². The topological polar surface area (TPSA) is 0 Å². The maximum atomic E-state index is 13.3. The van der Waals surface area contributed by atoms with Gasteiger partial charge in [0.05, 0.1) is 6.67 Å². The largest absolute Gasteiger partial charge is 0.251 e.